The number of carbonyl (C=O) groups excluding carboxylic acids is 1. The Morgan fingerprint density at radius 1 is 0.773 bits per heavy atom. The van der Waals surface area contributed by atoms with Crippen LogP contribution in [-0.4, -0.2) is 17.6 Å². The number of aliphatic hydroxyl groups excluding tert-OH is 1. The second-order valence-corrected chi connectivity index (χ2v) is 6.67. The molecule has 0 bridgehead atoms. The molecule has 0 saturated heterocycles. The fourth-order valence-electron chi connectivity index (χ4n) is 2.91. The van der Waals surface area contributed by atoms with E-state index < -0.39 is 0 Å². The van der Waals surface area contributed by atoms with Gasteiger partial charge in [0.05, 0.1) is 12.5 Å². The van der Waals surface area contributed by atoms with Crippen LogP contribution >= 0.6 is 0 Å². The minimum Gasteiger partial charge on any atom is -0.396 e. The van der Waals surface area contributed by atoms with Crippen LogP contribution in [-0.2, 0) is 4.79 Å². The van der Waals surface area contributed by atoms with Crippen LogP contribution in [0.3, 0.4) is 0 Å². The lowest BCUT2D eigenvalue weighted by Crippen LogP contribution is -2.26. The van der Waals surface area contributed by atoms with Gasteiger partial charge in [0, 0.05) is 0 Å². The predicted octanol–water partition coefficient (Wildman–Crippen LogP) is 4.95. The summed E-state index contributed by atoms with van der Waals surface area (Å²) in [6.07, 6.45) is 19.4. The molecule has 0 spiro atoms. The second-order valence-electron chi connectivity index (χ2n) is 6.67. The number of hydrogen-bond acceptors (Lipinski definition) is 2. The van der Waals surface area contributed by atoms with E-state index in [-0.39, 0.29) is 18.4 Å². The lowest BCUT2D eigenvalue weighted by Gasteiger charge is -2.09. The van der Waals surface area contributed by atoms with Crippen molar-refractivity contribution in [2.75, 3.05) is 6.61 Å². The maximum absolute atomic E-state index is 11.0. The molecule has 22 heavy (non-hydrogen) atoms. The number of amides is 1. The van der Waals surface area contributed by atoms with Gasteiger partial charge < -0.3 is 10.8 Å². The lowest BCUT2D eigenvalue weighted by molar-refractivity contribution is -0.123. The van der Waals surface area contributed by atoms with Crippen molar-refractivity contribution in [2.24, 2.45) is 11.7 Å². The van der Waals surface area contributed by atoms with Crippen molar-refractivity contribution >= 4 is 5.91 Å². The summed E-state index contributed by atoms with van der Waals surface area (Å²) in [4.78, 5) is 11.0. The van der Waals surface area contributed by atoms with Crippen molar-refractivity contribution in [3.63, 3.8) is 0 Å². The van der Waals surface area contributed by atoms with Crippen molar-refractivity contribution < 1.29 is 9.90 Å². The van der Waals surface area contributed by atoms with Crippen molar-refractivity contribution in [2.45, 2.75) is 103 Å². The van der Waals surface area contributed by atoms with E-state index in [0.29, 0.717) is 0 Å². The third-order valence-corrected chi connectivity index (χ3v) is 4.53. The topological polar surface area (TPSA) is 63.3 Å². The van der Waals surface area contributed by atoms with Gasteiger partial charge in [-0.2, -0.15) is 0 Å². The Labute approximate surface area is 138 Å². The van der Waals surface area contributed by atoms with Crippen LogP contribution in [0.2, 0.25) is 0 Å². The summed E-state index contributed by atoms with van der Waals surface area (Å²) in [6, 6.07) is 0. The summed E-state index contributed by atoms with van der Waals surface area (Å²) in [6.45, 7) is 2.16. The smallest absolute Gasteiger partial charge is 0.222 e. The zero-order valence-corrected chi connectivity index (χ0v) is 14.8. The Bertz CT molecular complexity index is 244. The molecule has 0 heterocycles. The molecule has 0 aliphatic carbocycles. The highest BCUT2D eigenvalue weighted by molar-refractivity contribution is 5.76. The van der Waals surface area contributed by atoms with Gasteiger partial charge in [-0.25, -0.2) is 0 Å². The highest BCUT2D eigenvalue weighted by Crippen LogP contribution is 2.14. The molecule has 3 N–H and O–H groups in total. The molecule has 0 saturated carbocycles. The molecule has 1 amide bonds. The number of rotatable bonds is 17. The van der Waals surface area contributed by atoms with Crippen LogP contribution in [0.15, 0.2) is 0 Å². The van der Waals surface area contributed by atoms with Gasteiger partial charge in [0.15, 0.2) is 0 Å². The molecule has 0 rings (SSSR count). The molecule has 0 aliphatic rings. The third-order valence-electron chi connectivity index (χ3n) is 4.53. The number of nitrogens with two attached hydrogens (primary N) is 1. The fraction of sp³-hybridized carbons (Fsp3) is 0.947. The first-order valence-corrected chi connectivity index (χ1v) is 9.62. The minimum atomic E-state index is -0.364. The van der Waals surface area contributed by atoms with Crippen LogP contribution in [0.4, 0.5) is 0 Å². The Hall–Kier alpha value is -0.570. The number of aliphatic hydroxyl groups is 1. The van der Waals surface area contributed by atoms with Crippen molar-refractivity contribution in [3.05, 3.63) is 0 Å². The summed E-state index contributed by atoms with van der Waals surface area (Å²) >= 11 is 0. The van der Waals surface area contributed by atoms with E-state index in [1.165, 1.54) is 77.0 Å². The van der Waals surface area contributed by atoms with E-state index in [1.807, 2.05) is 0 Å². The average molecular weight is 314 g/mol. The SMILES string of the molecule is CCCCCCCCCCCCCCCCC(CO)C(N)=O. The number of hydrogen-bond donors (Lipinski definition) is 2. The summed E-state index contributed by atoms with van der Waals surface area (Å²) in [5.74, 6) is -0.700. The maximum Gasteiger partial charge on any atom is 0.222 e. The van der Waals surface area contributed by atoms with E-state index in [4.69, 9.17) is 10.8 Å². The first-order chi connectivity index (χ1) is 10.7. The van der Waals surface area contributed by atoms with E-state index >= 15 is 0 Å². The monoisotopic (exact) mass is 313 g/mol. The molecule has 1 unspecified atom stereocenters. The molecule has 0 fully saturated rings. The van der Waals surface area contributed by atoms with Crippen molar-refractivity contribution in [1.82, 2.24) is 0 Å². The van der Waals surface area contributed by atoms with Gasteiger partial charge in [0.2, 0.25) is 5.91 Å². The fourth-order valence-corrected chi connectivity index (χ4v) is 2.91. The molecule has 0 aromatic rings. The zero-order chi connectivity index (χ0) is 16.5. The molecule has 0 aliphatic heterocycles. The normalized spacial score (nSPS) is 12.5. The van der Waals surface area contributed by atoms with E-state index in [0.717, 1.165) is 19.3 Å². The molecular weight excluding hydrogens is 274 g/mol. The molecule has 3 nitrogen and oxygen atoms in total. The zero-order valence-electron chi connectivity index (χ0n) is 14.8. The average Bonchev–Trinajstić information content (AvgIpc) is 2.51. The van der Waals surface area contributed by atoms with E-state index in [9.17, 15) is 4.79 Å². The first kappa shape index (κ1) is 21.4. The quantitative estimate of drug-likeness (QED) is 0.373. The van der Waals surface area contributed by atoms with Crippen LogP contribution in [0.5, 0.6) is 0 Å². The van der Waals surface area contributed by atoms with Gasteiger partial charge in [-0.05, 0) is 6.42 Å². The standard InChI is InChI=1S/C19H39NO2/c1-2-3-4-5-6-7-8-9-10-11-12-13-14-15-16-18(17-21)19(20)22/h18,21H,2-17H2,1H3,(H2,20,22). The third kappa shape index (κ3) is 14.4. The Morgan fingerprint density at radius 2 is 1.14 bits per heavy atom. The van der Waals surface area contributed by atoms with Gasteiger partial charge in [-0.3, -0.25) is 4.79 Å². The summed E-state index contributed by atoms with van der Waals surface area (Å²) in [5, 5.41) is 9.00. The van der Waals surface area contributed by atoms with Crippen LogP contribution in [0.1, 0.15) is 103 Å². The Balaban J connectivity index is 3.13. The van der Waals surface area contributed by atoms with Crippen molar-refractivity contribution in [1.29, 1.82) is 0 Å². The molecular formula is C19H39NO2. The summed E-state index contributed by atoms with van der Waals surface area (Å²) in [7, 11) is 0. The van der Waals surface area contributed by atoms with Gasteiger partial charge in [-0.15, -0.1) is 0 Å². The Kier molecular flexibility index (Phi) is 16.4. The largest absolute Gasteiger partial charge is 0.396 e. The minimum absolute atomic E-state index is 0.103. The van der Waals surface area contributed by atoms with Gasteiger partial charge in [0.25, 0.3) is 0 Å². The Morgan fingerprint density at radius 3 is 1.45 bits per heavy atom. The molecule has 3 heteroatoms. The molecule has 1 atom stereocenters. The lowest BCUT2D eigenvalue weighted by atomic mass is 10.00. The van der Waals surface area contributed by atoms with E-state index in [2.05, 4.69) is 6.92 Å². The molecule has 132 valence electrons. The van der Waals surface area contributed by atoms with Gasteiger partial charge in [0.1, 0.15) is 0 Å². The molecule has 0 aromatic carbocycles. The van der Waals surface area contributed by atoms with Crippen LogP contribution < -0.4 is 5.73 Å². The van der Waals surface area contributed by atoms with Gasteiger partial charge in [-0.1, -0.05) is 96.8 Å². The van der Waals surface area contributed by atoms with Crippen LogP contribution in [0, 0.1) is 5.92 Å². The summed E-state index contributed by atoms with van der Waals surface area (Å²) in [5.41, 5.74) is 5.20. The predicted molar refractivity (Wildman–Crippen MR) is 94.7 cm³/mol. The number of unbranched alkanes of at least 4 members (excludes halogenated alkanes) is 13. The highest BCUT2D eigenvalue weighted by Gasteiger charge is 2.12. The van der Waals surface area contributed by atoms with Crippen molar-refractivity contribution in [3.8, 4) is 0 Å². The maximum atomic E-state index is 11.0. The molecule has 0 radical (unpaired) electrons. The number of carbonyl (C=O) groups is 1. The molecule has 0 aromatic heterocycles. The van der Waals surface area contributed by atoms with E-state index in [1.54, 1.807) is 0 Å². The first-order valence-electron chi connectivity index (χ1n) is 9.62. The van der Waals surface area contributed by atoms with Crippen LogP contribution in [0.25, 0.3) is 0 Å². The number of primary amides is 1. The highest BCUT2D eigenvalue weighted by atomic mass is 16.3. The summed E-state index contributed by atoms with van der Waals surface area (Å²) < 4.78 is 0. The van der Waals surface area contributed by atoms with Gasteiger partial charge >= 0.3 is 0 Å². The second kappa shape index (κ2) is 16.8.